The SMILES string of the molecule is CC[C@@H]1[C@H]2CC[C@@H](C2)[C@H]1NC(=O)CSc1nc2ccc(I)cc2c2nc(=O)c(-c3ccc(F)cc3)nn12. The van der Waals surface area contributed by atoms with Gasteiger partial charge in [-0.05, 0) is 102 Å². The van der Waals surface area contributed by atoms with E-state index in [4.69, 9.17) is 4.98 Å². The Kier molecular flexibility index (Phi) is 6.64. The maximum atomic E-state index is 13.5. The van der Waals surface area contributed by atoms with Crippen LogP contribution in [0.5, 0.6) is 0 Å². The lowest BCUT2D eigenvalue weighted by Gasteiger charge is -2.31. The van der Waals surface area contributed by atoms with E-state index in [0.717, 1.165) is 15.9 Å². The maximum absolute atomic E-state index is 13.5. The minimum absolute atomic E-state index is 0.0218. The summed E-state index contributed by atoms with van der Waals surface area (Å²) in [5.74, 6) is 1.64. The highest BCUT2D eigenvalue weighted by atomic mass is 127. The molecule has 190 valence electrons. The van der Waals surface area contributed by atoms with Crippen LogP contribution in [0.1, 0.15) is 32.6 Å². The zero-order valence-corrected chi connectivity index (χ0v) is 23.1. The first kappa shape index (κ1) is 24.7. The number of carbonyl (C=O) groups excluding carboxylic acids is 1. The summed E-state index contributed by atoms with van der Waals surface area (Å²) in [6.45, 7) is 2.21. The van der Waals surface area contributed by atoms with Crippen molar-refractivity contribution in [2.45, 2.75) is 43.8 Å². The molecular formula is C27H25FIN5O2S. The largest absolute Gasteiger partial charge is 0.352 e. The Morgan fingerprint density at radius 1 is 1.16 bits per heavy atom. The van der Waals surface area contributed by atoms with Crippen LogP contribution in [0.25, 0.3) is 27.8 Å². The van der Waals surface area contributed by atoms with E-state index >= 15 is 0 Å². The molecule has 0 spiro atoms. The van der Waals surface area contributed by atoms with Gasteiger partial charge in [0.2, 0.25) is 5.91 Å². The van der Waals surface area contributed by atoms with Gasteiger partial charge in [-0.1, -0.05) is 25.1 Å². The number of hydrogen-bond acceptors (Lipinski definition) is 6. The van der Waals surface area contributed by atoms with Gasteiger partial charge in [0, 0.05) is 20.6 Å². The van der Waals surface area contributed by atoms with Gasteiger partial charge in [0.15, 0.2) is 16.5 Å². The molecule has 4 aromatic rings. The molecule has 2 fully saturated rings. The highest BCUT2D eigenvalue weighted by Crippen LogP contribution is 2.49. The fourth-order valence-corrected chi connectivity index (χ4v) is 7.34. The number of thioether (sulfide) groups is 1. The van der Waals surface area contributed by atoms with Crippen LogP contribution in [0, 0.1) is 27.1 Å². The molecule has 7 nitrogen and oxygen atoms in total. The zero-order valence-electron chi connectivity index (χ0n) is 20.2. The summed E-state index contributed by atoms with van der Waals surface area (Å²) in [7, 11) is 0. The fraction of sp³-hybridized carbons (Fsp3) is 0.370. The minimum Gasteiger partial charge on any atom is -0.352 e. The first-order valence-electron chi connectivity index (χ1n) is 12.5. The molecule has 4 atom stereocenters. The normalized spacial score (nSPS) is 22.7. The van der Waals surface area contributed by atoms with E-state index in [1.165, 1.54) is 59.8 Å². The lowest BCUT2D eigenvalue weighted by atomic mass is 9.83. The monoisotopic (exact) mass is 629 g/mol. The topological polar surface area (TPSA) is 89.2 Å². The van der Waals surface area contributed by atoms with Gasteiger partial charge in [0.25, 0.3) is 5.56 Å². The van der Waals surface area contributed by atoms with Crippen LogP contribution < -0.4 is 10.9 Å². The highest BCUT2D eigenvalue weighted by Gasteiger charge is 2.46. The van der Waals surface area contributed by atoms with E-state index in [1.54, 1.807) is 0 Å². The van der Waals surface area contributed by atoms with E-state index < -0.39 is 11.4 Å². The summed E-state index contributed by atoms with van der Waals surface area (Å²) < 4.78 is 16.0. The average Bonchev–Trinajstić information content (AvgIpc) is 3.49. The Labute approximate surface area is 230 Å². The highest BCUT2D eigenvalue weighted by molar-refractivity contribution is 14.1. The molecule has 0 unspecified atom stereocenters. The lowest BCUT2D eigenvalue weighted by molar-refractivity contribution is -0.120. The molecule has 0 aliphatic heterocycles. The molecule has 6 rings (SSSR count). The second-order valence-electron chi connectivity index (χ2n) is 9.85. The molecule has 0 radical (unpaired) electrons. The number of carbonyl (C=O) groups is 1. The summed E-state index contributed by atoms with van der Waals surface area (Å²) >= 11 is 3.48. The number of hydrogen-bond donors (Lipinski definition) is 1. The molecule has 2 aliphatic rings. The number of amides is 1. The smallest absolute Gasteiger partial charge is 0.300 e. The summed E-state index contributed by atoms with van der Waals surface area (Å²) in [6.07, 6.45) is 4.79. The third kappa shape index (κ3) is 4.62. The van der Waals surface area contributed by atoms with Crippen molar-refractivity contribution in [2.24, 2.45) is 17.8 Å². The van der Waals surface area contributed by atoms with Crippen molar-refractivity contribution in [1.29, 1.82) is 0 Å². The Hall–Kier alpha value is -2.60. The predicted octanol–water partition coefficient (Wildman–Crippen LogP) is 5.08. The molecule has 2 aromatic carbocycles. The third-order valence-corrected chi connectivity index (χ3v) is 9.34. The fourth-order valence-electron chi connectivity index (χ4n) is 6.09. The molecule has 1 N–H and O–H groups in total. The van der Waals surface area contributed by atoms with Crippen molar-refractivity contribution < 1.29 is 9.18 Å². The van der Waals surface area contributed by atoms with Gasteiger partial charge in [0.05, 0.1) is 11.3 Å². The van der Waals surface area contributed by atoms with E-state index in [2.05, 4.69) is 44.9 Å². The molecule has 37 heavy (non-hydrogen) atoms. The number of rotatable bonds is 6. The van der Waals surface area contributed by atoms with Crippen LogP contribution in [0.15, 0.2) is 52.4 Å². The van der Waals surface area contributed by atoms with Gasteiger partial charge in [-0.15, -0.1) is 0 Å². The second kappa shape index (κ2) is 9.94. The second-order valence-corrected chi connectivity index (χ2v) is 12.0. The number of fused-ring (bicyclic) bond motifs is 5. The van der Waals surface area contributed by atoms with Crippen LogP contribution in [-0.4, -0.2) is 37.3 Å². The Balaban J connectivity index is 1.35. The molecule has 2 bridgehead atoms. The number of aromatic nitrogens is 4. The van der Waals surface area contributed by atoms with Gasteiger partial charge in [-0.3, -0.25) is 9.59 Å². The Morgan fingerprint density at radius 3 is 2.73 bits per heavy atom. The molecular weight excluding hydrogens is 604 g/mol. The van der Waals surface area contributed by atoms with Crippen molar-refractivity contribution in [3.05, 3.63) is 62.2 Å². The molecule has 10 heteroatoms. The number of nitrogens with one attached hydrogen (secondary N) is 1. The van der Waals surface area contributed by atoms with Crippen LogP contribution in [0.4, 0.5) is 4.39 Å². The average molecular weight is 629 g/mol. The van der Waals surface area contributed by atoms with Crippen molar-refractivity contribution in [3.63, 3.8) is 0 Å². The van der Waals surface area contributed by atoms with E-state index in [9.17, 15) is 14.0 Å². The lowest BCUT2D eigenvalue weighted by Crippen LogP contribution is -2.44. The minimum atomic E-state index is -0.506. The summed E-state index contributed by atoms with van der Waals surface area (Å²) in [4.78, 5) is 35.1. The van der Waals surface area contributed by atoms with Crippen LogP contribution in [-0.2, 0) is 4.79 Å². The first-order chi connectivity index (χ1) is 17.9. The van der Waals surface area contributed by atoms with Gasteiger partial charge in [-0.2, -0.15) is 14.6 Å². The molecule has 1 amide bonds. The van der Waals surface area contributed by atoms with E-state index in [1.807, 2.05) is 18.2 Å². The molecule has 2 saturated carbocycles. The van der Waals surface area contributed by atoms with Crippen LogP contribution in [0.2, 0.25) is 0 Å². The van der Waals surface area contributed by atoms with Gasteiger partial charge in [-0.25, -0.2) is 9.37 Å². The van der Waals surface area contributed by atoms with Crippen LogP contribution in [0.3, 0.4) is 0 Å². The molecule has 0 saturated heterocycles. The van der Waals surface area contributed by atoms with Crippen molar-refractivity contribution >= 4 is 56.8 Å². The third-order valence-electron chi connectivity index (χ3n) is 7.74. The number of nitrogens with zero attached hydrogens (tertiary/aromatic N) is 4. The summed E-state index contributed by atoms with van der Waals surface area (Å²) in [6, 6.07) is 11.5. The number of halogens is 2. The van der Waals surface area contributed by atoms with E-state index in [-0.39, 0.29) is 23.4 Å². The van der Waals surface area contributed by atoms with Gasteiger partial charge in [0.1, 0.15) is 5.82 Å². The van der Waals surface area contributed by atoms with Gasteiger partial charge < -0.3 is 5.32 Å². The predicted molar refractivity (Wildman–Crippen MR) is 150 cm³/mol. The first-order valence-corrected chi connectivity index (χ1v) is 14.6. The van der Waals surface area contributed by atoms with E-state index in [0.29, 0.717) is 39.1 Å². The number of benzene rings is 2. The Bertz CT molecular complexity index is 1580. The quantitative estimate of drug-likeness (QED) is 0.139. The summed E-state index contributed by atoms with van der Waals surface area (Å²) in [5.41, 5.74) is 1.11. The Morgan fingerprint density at radius 2 is 1.95 bits per heavy atom. The molecule has 2 aliphatic carbocycles. The summed E-state index contributed by atoms with van der Waals surface area (Å²) in [5, 5.41) is 9.07. The molecule has 2 aromatic heterocycles. The van der Waals surface area contributed by atoms with Crippen molar-refractivity contribution in [1.82, 2.24) is 24.9 Å². The zero-order chi connectivity index (χ0) is 25.7. The molecule has 2 heterocycles. The van der Waals surface area contributed by atoms with Crippen molar-refractivity contribution in [2.75, 3.05) is 5.75 Å². The standard InChI is InChI=1S/C27H25FIN5O2S/c1-2-19-15-3-4-16(11-15)23(19)31-22(35)13-37-27-30-21-10-9-18(29)12-20(21)25-32-26(36)24(33-34(25)27)14-5-7-17(28)8-6-14/h5-10,12,15-16,19,23H,2-4,11,13H2,1H3,(H,31,35)/t15-,16-,19+,23+/m0/s1. The van der Waals surface area contributed by atoms with Crippen molar-refractivity contribution in [3.8, 4) is 11.3 Å². The van der Waals surface area contributed by atoms with Gasteiger partial charge >= 0.3 is 0 Å². The van der Waals surface area contributed by atoms with Crippen LogP contribution >= 0.6 is 34.4 Å². The maximum Gasteiger partial charge on any atom is 0.300 e.